The number of carbonyl (C=O) groups excluding carboxylic acids is 1. The first kappa shape index (κ1) is 25.1. The van der Waals surface area contributed by atoms with Gasteiger partial charge in [-0.25, -0.2) is 22.8 Å². The van der Waals surface area contributed by atoms with Gasteiger partial charge >= 0.3 is 12.1 Å². The number of hydrogen-bond donors (Lipinski definition) is 0. The zero-order valence-electron chi connectivity index (χ0n) is 19.3. The number of benzene rings is 2. The summed E-state index contributed by atoms with van der Waals surface area (Å²) in [7, 11) is -3.90. The number of halogens is 4. The van der Waals surface area contributed by atoms with Crippen LogP contribution in [0.2, 0.25) is 0 Å². The lowest BCUT2D eigenvalue weighted by Gasteiger charge is -2.34. The molecule has 194 valence electrons. The summed E-state index contributed by atoms with van der Waals surface area (Å²) in [5, 5.41) is 0. The summed E-state index contributed by atoms with van der Waals surface area (Å²) in [5.74, 6) is -1.71. The Morgan fingerprint density at radius 3 is 2.27 bits per heavy atom. The number of fused-ring (bicyclic) bond motifs is 1. The highest BCUT2D eigenvalue weighted by Gasteiger charge is 2.45. The third-order valence-electron chi connectivity index (χ3n) is 6.43. The number of aromatic nitrogens is 2. The van der Waals surface area contributed by atoms with Crippen molar-refractivity contribution >= 4 is 27.4 Å². The third-order valence-corrected chi connectivity index (χ3v) is 8.32. The van der Waals surface area contributed by atoms with E-state index in [2.05, 4.69) is 9.97 Å². The number of piperazine rings is 1. The normalized spacial score (nSPS) is 16.6. The average Bonchev–Trinajstić information content (AvgIpc) is 3.31. The molecule has 8 nitrogen and oxygen atoms in total. The van der Waals surface area contributed by atoms with Crippen molar-refractivity contribution in [3.63, 3.8) is 0 Å². The van der Waals surface area contributed by atoms with Gasteiger partial charge in [0.05, 0.1) is 10.6 Å². The largest absolute Gasteiger partial charge is 0.471 e. The van der Waals surface area contributed by atoms with Crippen LogP contribution in [0.1, 0.15) is 5.56 Å². The van der Waals surface area contributed by atoms with Gasteiger partial charge in [-0.3, -0.25) is 4.79 Å². The topological polar surface area (TPSA) is 86.7 Å². The molecule has 0 radical (unpaired) electrons. The number of carbonyl (C=O) groups is 1. The number of rotatable bonds is 4. The Morgan fingerprint density at radius 2 is 1.59 bits per heavy atom. The van der Waals surface area contributed by atoms with Crippen molar-refractivity contribution in [2.75, 3.05) is 42.5 Å². The van der Waals surface area contributed by atoms with Gasteiger partial charge in [0.2, 0.25) is 10.0 Å². The predicted octanol–water partition coefficient (Wildman–Crippen LogP) is 3.25. The maximum absolute atomic E-state index is 13.3. The molecule has 0 bridgehead atoms. The van der Waals surface area contributed by atoms with Crippen LogP contribution in [0.4, 0.5) is 29.1 Å². The predicted molar refractivity (Wildman–Crippen MR) is 127 cm³/mol. The molecule has 2 aromatic carbocycles. The van der Waals surface area contributed by atoms with Crippen LogP contribution < -0.4 is 9.80 Å². The minimum Gasteiger partial charge on any atom is -0.354 e. The molecule has 0 unspecified atom stereocenters. The van der Waals surface area contributed by atoms with E-state index in [0.29, 0.717) is 35.1 Å². The standard InChI is InChI=1S/C24H21F4N5O3S/c25-18-3-1-16(2-4-18)20-14-22(30-15-29-20)31-9-11-32(12-10-31)37(35,36)19-5-6-21-17(13-19)7-8-33(21)23(34)24(26,27)28/h1-6,13-15H,7-12H2. The van der Waals surface area contributed by atoms with Gasteiger partial charge in [0.1, 0.15) is 18.0 Å². The van der Waals surface area contributed by atoms with E-state index in [4.69, 9.17) is 0 Å². The Bertz CT molecular complexity index is 1440. The molecule has 2 aliphatic heterocycles. The van der Waals surface area contributed by atoms with E-state index in [0.717, 1.165) is 5.56 Å². The first-order chi connectivity index (χ1) is 17.5. The summed E-state index contributed by atoms with van der Waals surface area (Å²) in [6.45, 7) is 0.909. The van der Waals surface area contributed by atoms with E-state index in [9.17, 15) is 30.8 Å². The van der Waals surface area contributed by atoms with E-state index in [-0.39, 0.29) is 42.5 Å². The second-order valence-corrected chi connectivity index (χ2v) is 10.6. The molecule has 3 heterocycles. The molecule has 3 aromatic rings. The Labute approximate surface area is 210 Å². The number of nitrogens with zero attached hydrogens (tertiary/aromatic N) is 5. The first-order valence-corrected chi connectivity index (χ1v) is 12.8. The zero-order chi connectivity index (χ0) is 26.4. The molecule has 1 amide bonds. The molecule has 0 atom stereocenters. The Balaban J connectivity index is 1.29. The number of hydrogen-bond acceptors (Lipinski definition) is 6. The summed E-state index contributed by atoms with van der Waals surface area (Å²) in [6.07, 6.45) is -3.47. The lowest BCUT2D eigenvalue weighted by atomic mass is 10.1. The first-order valence-electron chi connectivity index (χ1n) is 11.4. The zero-order valence-corrected chi connectivity index (χ0v) is 20.1. The van der Waals surface area contributed by atoms with Crippen molar-refractivity contribution in [3.05, 3.63) is 66.2 Å². The molecule has 37 heavy (non-hydrogen) atoms. The highest BCUT2D eigenvalue weighted by Crippen LogP contribution is 2.34. The second kappa shape index (κ2) is 9.38. The smallest absolute Gasteiger partial charge is 0.354 e. The fraction of sp³-hybridized carbons (Fsp3) is 0.292. The van der Waals surface area contributed by atoms with E-state index < -0.39 is 22.1 Å². The van der Waals surface area contributed by atoms with Gasteiger partial charge in [-0.2, -0.15) is 17.5 Å². The molecule has 1 fully saturated rings. The van der Waals surface area contributed by atoms with Crippen LogP contribution in [0.25, 0.3) is 11.3 Å². The van der Waals surface area contributed by atoms with Crippen molar-refractivity contribution in [1.82, 2.24) is 14.3 Å². The molecule has 13 heteroatoms. The van der Waals surface area contributed by atoms with Crippen molar-refractivity contribution in [2.24, 2.45) is 0 Å². The van der Waals surface area contributed by atoms with Crippen LogP contribution in [0.5, 0.6) is 0 Å². The lowest BCUT2D eigenvalue weighted by molar-refractivity contribution is -0.170. The fourth-order valence-electron chi connectivity index (χ4n) is 4.51. The highest BCUT2D eigenvalue weighted by molar-refractivity contribution is 7.89. The molecule has 0 saturated carbocycles. The maximum Gasteiger partial charge on any atom is 0.471 e. The van der Waals surface area contributed by atoms with Gasteiger partial charge in [0.25, 0.3) is 0 Å². The van der Waals surface area contributed by atoms with E-state index in [1.54, 1.807) is 18.2 Å². The maximum atomic E-state index is 13.3. The minimum absolute atomic E-state index is 0.0263. The number of amides is 1. The van der Waals surface area contributed by atoms with Crippen LogP contribution in [-0.2, 0) is 21.2 Å². The van der Waals surface area contributed by atoms with Gasteiger partial charge in [-0.1, -0.05) is 0 Å². The minimum atomic E-state index is -5.00. The summed E-state index contributed by atoms with van der Waals surface area (Å²) in [6, 6.07) is 11.5. The van der Waals surface area contributed by atoms with Crippen LogP contribution in [-0.4, -0.2) is 67.5 Å². The number of alkyl halides is 3. The summed E-state index contributed by atoms with van der Waals surface area (Å²) < 4.78 is 79.7. The Hall–Kier alpha value is -3.58. The fourth-order valence-corrected chi connectivity index (χ4v) is 5.98. The van der Waals surface area contributed by atoms with Crippen LogP contribution in [0, 0.1) is 5.82 Å². The van der Waals surface area contributed by atoms with Crippen molar-refractivity contribution in [2.45, 2.75) is 17.5 Å². The van der Waals surface area contributed by atoms with Crippen LogP contribution in [0.3, 0.4) is 0 Å². The molecular weight excluding hydrogens is 514 g/mol. The van der Waals surface area contributed by atoms with Gasteiger partial charge in [-0.15, -0.1) is 0 Å². The Kier molecular flexibility index (Phi) is 6.36. The quantitative estimate of drug-likeness (QED) is 0.477. The van der Waals surface area contributed by atoms with Crippen molar-refractivity contribution in [1.29, 1.82) is 0 Å². The molecule has 1 saturated heterocycles. The number of sulfonamides is 1. The van der Waals surface area contributed by atoms with Gasteiger partial charge < -0.3 is 9.80 Å². The van der Waals surface area contributed by atoms with Gasteiger partial charge in [0, 0.05) is 50.0 Å². The van der Waals surface area contributed by atoms with Crippen LogP contribution >= 0.6 is 0 Å². The Morgan fingerprint density at radius 1 is 0.892 bits per heavy atom. The monoisotopic (exact) mass is 535 g/mol. The molecule has 0 spiro atoms. The van der Waals surface area contributed by atoms with Crippen molar-refractivity contribution in [3.8, 4) is 11.3 Å². The van der Waals surface area contributed by atoms with Crippen molar-refractivity contribution < 1.29 is 30.8 Å². The summed E-state index contributed by atoms with van der Waals surface area (Å²) in [5.41, 5.74) is 1.79. The summed E-state index contributed by atoms with van der Waals surface area (Å²) >= 11 is 0. The lowest BCUT2D eigenvalue weighted by Crippen LogP contribution is -2.49. The van der Waals surface area contributed by atoms with Gasteiger partial charge in [-0.05, 0) is 54.4 Å². The molecule has 0 N–H and O–H groups in total. The second-order valence-electron chi connectivity index (χ2n) is 8.65. The van der Waals surface area contributed by atoms with E-state index in [1.165, 1.54) is 41.0 Å². The molecular formula is C24H21F4N5O3S. The van der Waals surface area contributed by atoms with E-state index >= 15 is 0 Å². The third kappa shape index (κ3) is 4.88. The summed E-state index contributed by atoms with van der Waals surface area (Å²) in [4.78, 5) is 22.7. The highest BCUT2D eigenvalue weighted by atomic mass is 32.2. The molecule has 2 aliphatic rings. The number of anilines is 2. The van der Waals surface area contributed by atoms with Gasteiger partial charge in [0.15, 0.2) is 0 Å². The van der Waals surface area contributed by atoms with Crippen LogP contribution in [0.15, 0.2) is 59.8 Å². The molecule has 1 aromatic heterocycles. The SMILES string of the molecule is O=C(N1CCc2cc(S(=O)(=O)N3CCN(c4cc(-c5ccc(F)cc5)ncn4)CC3)ccc21)C(F)(F)F. The molecule has 5 rings (SSSR count). The average molecular weight is 536 g/mol. The van der Waals surface area contributed by atoms with E-state index in [1.807, 2.05) is 4.90 Å². The molecule has 0 aliphatic carbocycles.